The maximum atomic E-state index is 14.5. The SMILES string of the molecule is Cn1cc(-c2cc3c(cc2C(F)F)N(C2(S(C)(=O)=O)CC=C(c4ccc5c(c4)CN(C(=O)OC(C)(C)C)C5)CC2)CCC3)cn1. The average molecular weight is 639 g/mol. The number of fused-ring (bicyclic) bond motifs is 2. The smallest absolute Gasteiger partial charge is 0.410 e. The summed E-state index contributed by atoms with van der Waals surface area (Å²) in [5.74, 6) is 0. The number of allylic oxidation sites excluding steroid dienone is 1. The molecule has 11 heteroatoms. The molecule has 1 amide bonds. The number of anilines is 1. The maximum Gasteiger partial charge on any atom is 0.410 e. The topological polar surface area (TPSA) is 84.7 Å². The Morgan fingerprint density at radius 1 is 1.04 bits per heavy atom. The van der Waals surface area contributed by atoms with Crippen LogP contribution in [0.2, 0.25) is 0 Å². The number of aromatic nitrogens is 2. The number of nitrogens with zero attached hydrogens (tertiary/aromatic N) is 4. The highest BCUT2D eigenvalue weighted by atomic mass is 32.2. The van der Waals surface area contributed by atoms with Crippen LogP contribution in [0.1, 0.15) is 80.7 Å². The summed E-state index contributed by atoms with van der Waals surface area (Å²) in [6.45, 7) is 6.95. The molecule has 0 bridgehead atoms. The molecule has 3 heterocycles. The van der Waals surface area contributed by atoms with Crippen LogP contribution in [0.25, 0.3) is 16.7 Å². The van der Waals surface area contributed by atoms with Gasteiger partial charge in [-0.2, -0.15) is 5.10 Å². The third-order valence-corrected chi connectivity index (χ3v) is 11.2. The molecule has 0 radical (unpaired) electrons. The van der Waals surface area contributed by atoms with Crippen LogP contribution in [0.3, 0.4) is 0 Å². The normalized spacial score (nSPS) is 20.2. The average Bonchev–Trinajstić information content (AvgIpc) is 3.60. The molecule has 8 nitrogen and oxygen atoms in total. The number of sulfone groups is 1. The van der Waals surface area contributed by atoms with E-state index in [-0.39, 0.29) is 18.1 Å². The number of halogens is 2. The lowest BCUT2D eigenvalue weighted by Crippen LogP contribution is -2.56. The Morgan fingerprint density at radius 2 is 1.80 bits per heavy atom. The first-order valence-corrected chi connectivity index (χ1v) is 17.2. The number of carbonyl (C=O) groups is 1. The molecule has 0 N–H and O–H groups in total. The number of rotatable bonds is 5. The number of carbonyl (C=O) groups excluding carboxylic acids is 1. The van der Waals surface area contributed by atoms with Crippen LogP contribution < -0.4 is 4.90 Å². The molecule has 0 saturated carbocycles. The summed E-state index contributed by atoms with van der Waals surface area (Å²) in [4.78, 5) is 15.0. The van der Waals surface area contributed by atoms with Gasteiger partial charge in [0.05, 0.1) is 6.20 Å². The van der Waals surface area contributed by atoms with E-state index in [4.69, 9.17) is 4.74 Å². The second-order valence-electron chi connectivity index (χ2n) is 13.5. The van der Waals surface area contributed by atoms with E-state index in [1.165, 1.54) is 12.3 Å². The summed E-state index contributed by atoms with van der Waals surface area (Å²) in [5.41, 5.74) is 5.95. The van der Waals surface area contributed by atoms with E-state index in [0.717, 1.165) is 34.2 Å². The molecular weight excluding hydrogens is 598 g/mol. The van der Waals surface area contributed by atoms with Crippen LogP contribution in [-0.2, 0) is 41.1 Å². The van der Waals surface area contributed by atoms with Crippen molar-refractivity contribution >= 4 is 27.2 Å². The fourth-order valence-corrected chi connectivity index (χ4v) is 8.42. The Balaban J connectivity index is 1.31. The second-order valence-corrected chi connectivity index (χ2v) is 15.8. The van der Waals surface area contributed by atoms with Crippen molar-refractivity contribution < 1.29 is 26.7 Å². The molecule has 0 fully saturated rings. The summed E-state index contributed by atoms with van der Waals surface area (Å²) in [7, 11) is -1.90. The summed E-state index contributed by atoms with van der Waals surface area (Å²) < 4.78 is 63.3. The summed E-state index contributed by atoms with van der Waals surface area (Å²) >= 11 is 0. The fraction of sp³-hybridized carbons (Fsp3) is 0.471. The second kappa shape index (κ2) is 11.3. The summed E-state index contributed by atoms with van der Waals surface area (Å²) in [6.07, 6.45) is 5.98. The largest absolute Gasteiger partial charge is 0.444 e. The number of hydrogen-bond donors (Lipinski definition) is 0. The zero-order valence-corrected chi connectivity index (χ0v) is 27.3. The Morgan fingerprint density at radius 3 is 2.42 bits per heavy atom. The monoisotopic (exact) mass is 638 g/mol. The summed E-state index contributed by atoms with van der Waals surface area (Å²) in [6, 6.07) is 9.45. The van der Waals surface area contributed by atoms with Crippen molar-refractivity contribution in [3.05, 3.63) is 76.6 Å². The van der Waals surface area contributed by atoms with E-state index in [1.807, 2.05) is 43.9 Å². The van der Waals surface area contributed by atoms with Gasteiger partial charge in [0.2, 0.25) is 0 Å². The third kappa shape index (κ3) is 5.87. The lowest BCUT2D eigenvalue weighted by Gasteiger charge is -2.48. The van der Waals surface area contributed by atoms with Gasteiger partial charge in [0.15, 0.2) is 9.84 Å². The van der Waals surface area contributed by atoms with E-state index < -0.39 is 26.7 Å². The van der Waals surface area contributed by atoms with Gasteiger partial charge in [-0.1, -0.05) is 18.2 Å². The van der Waals surface area contributed by atoms with Gasteiger partial charge in [0.25, 0.3) is 6.43 Å². The molecule has 1 unspecified atom stereocenters. The molecule has 2 aliphatic heterocycles. The maximum absolute atomic E-state index is 14.5. The molecule has 1 aromatic heterocycles. The molecule has 0 saturated heterocycles. The van der Waals surface area contributed by atoms with Gasteiger partial charge in [0.1, 0.15) is 10.5 Å². The Labute approximate surface area is 263 Å². The number of benzene rings is 2. The van der Waals surface area contributed by atoms with E-state index in [1.54, 1.807) is 35.1 Å². The van der Waals surface area contributed by atoms with Crippen LogP contribution in [0.4, 0.5) is 19.3 Å². The van der Waals surface area contributed by atoms with Crippen molar-refractivity contribution in [3.63, 3.8) is 0 Å². The number of amides is 1. The van der Waals surface area contributed by atoms with Crippen molar-refractivity contribution in [2.75, 3.05) is 17.7 Å². The van der Waals surface area contributed by atoms with E-state index in [2.05, 4.69) is 11.2 Å². The minimum absolute atomic E-state index is 0.122. The first-order valence-electron chi connectivity index (χ1n) is 15.4. The summed E-state index contributed by atoms with van der Waals surface area (Å²) in [5, 5.41) is 4.16. The van der Waals surface area contributed by atoms with Gasteiger partial charge in [-0.15, -0.1) is 0 Å². The van der Waals surface area contributed by atoms with Gasteiger partial charge >= 0.3 is 6.09 Å². The molecule has 3 aromatic rings. The Hall–Kier alpha value is -3.73. The minimum atomic E-state index is -3.65. The highest BCUT2D eigenvalue weighted by Crippen LogP contribution is 2.47. The van der Waals surface area contributed by atoms with Crippen LogP contribution in [0.15, 0.2) is 48.8 Å². The van der Waals surface area contributed by atoms with Crippen molar-refractivity contribution in [2.24, 2.45) is 7.05 Å². The number of ether oxygens (including phenoxy) is 1. The van der Waals surface area contributed by atoms with E-state index in [0.29, 0.717) is 55.7 Å². The number of aryl methyl sites for hydroxylation is 2. The standard InChI is InChI=1S/C34H40F2N4O4S/c1-33(2,3)44-32(41)39-20-25-9-8-23(15-26(25)21-39)22-10-12-34(13-11-22,45(5,42)43)40-14-6-7-24-16-28(27-18-37-38(4)19-27)29(31(35)36)17-30(24)40/h8-10,15-19,31H,6-7,11-14,20-21H2,1-5H3. The zero-order chi connectivity index (χ0) is 32.3. The van der Waals surface area contributed by atoms with Gasteiger partial charge < -0.3 is 9.64 Å². The molecular formula is C34H40F2N4O4S. The van der Waals surface area contributed by atoms with Crippen molar-refractivity contribution in [3.8, 4) is 11.1 Å². The third-order valence-electron chi connectivity index (χ3n) is 9.21. The molecule has 3 aliphatic rings. The van der Waals surface area contributed by atoms with E-state index >= 15 is 0 Å². The molecule has 0 spiro atoms. The molecule has 1 aliphatic carbocycles. The first kappa shape index (κ1) is 31.3. The minimum Gasteiger partial charge on any atom is -0.444 e. The predicted octanol–water partition coefficient (Wildman–Crippen LogP) is 7.04. The van der Waals surface area contributed by atoms with Crippen molar-refractivity contribution in [1.29, 1.82) is 0 Å². The molecule has 6 rings (SSSR count). The zero-order valence-electron chi connectivity index (χ0n) is 26.4. The number of alkyl halides is 2. The highest BCUT2D eigenvalue weighted by Gasteiger charge is 2.48. The van der Waals surface area contributed by atoms with Crippen LogP contribution in [0.5, 0.6) is 0 Å². The van der Waals surface area contributed by atoms with Gasteiger partial charge in [-0.05, 0) is 98.0 Å². The Kier molecular flexibility index (Phi) is 7.82. The predicted molar refractivity (Wildman–Crippen MR) is 171 cm³/mol. The lowest BCUT2D eigenvalue weighted by molar-refractivity contribution is 0.0241. The molecule has 2 aromatic carbocycles. The molecule has 240 valence electrons. The highest BCUT2D eigenvalue weighted by molar-refractivity contribution is 7.92. The lowest BCUT2D eigenvalue weighted by atomic mass is 9.86. The van der Waals surface area contributed by atoms with Gasteiger partial charge in [-0.3, -0.25) is 9.58 Å². The molecule has 45 heavy (non-hydrogen) atoms. The van der Waals surface area contributed by atoms with Gasteiger partial charge in [-0.25, -0.2) is 22.0 Å². The fourth-order valence-electron chi connectivity index (χ4n) is 6.97. The van der Waals surface area contributed by atoms with Gasteiger partial charge in [0, 0.05) is 62.4 Å². The number of hydrogen-bond acceptors (Lipinski definition) is 6. The van der Waals surface area contributed by atoms with Crippen molar-refractivity contribution in [1.82, 2.24) is 14.7 Å². The Bertz CT molecular complexity index is 1790. The van der Waals surface area contributed by atoms with Crippen LogP contribution >= 0.6 is 0 Å². The van der Waals surface area contributed by atoms with Crippen LogP contribution in [0, 0.1) is 0 Å². The van der Waals surface area contributed by atoms with Crippen LogP contribution in [-0.4, -0.2) is 52.5 Å². The van der Waals surface area contributed by atoms with Crippen molar-refractivity contribution in [2.45, 2.75) is 82.9 Å². The first-order chi connectivity index (χ1) is 21.1. The quantitative estimate of drug-likeness (QED) is 0.298. The van der Waals surface area contributed by atoms with E-state index in [9.17, 15) is 22.0 Å². The molecule has 1 atom stereocenters.